The summed E-state index contributed by atoms with van der Waals surface area (Å²) in [4.78, 5) is 19.6. The number of hydrogen-bond acceptors (Lipinski definition) is 6. The number of anilines is 4. The quantitative estimate of drug-likeness (QED) is 0.672. The summed E-state index contributed by atoms with van der Waals surface area (Å²) in [6.07, 6.45) is 1.44. The van der Waals surface area contributed by atoms with Gasteiger partial charge < -0.3 is 15.4 Å². The summed E-state index contributed by atoms with van der Waals surface area (Å²) < 4.78 is 32.1. The van der Waals surface area contributed by atoms with Crippen LogP contribution in [0.3, 0.4) is 0 Å². The van der Waals surface area contributed by atoms with Crippen LogP contribution in [0.15, 0.2) is 54.7 Å². The third kappa shape index (κ3) is 3.92. The summed E-state index contributed by atoms with van der Waals surface area (Å²) in [5.41, 5.74) is 0.746. The van der Waals surface area contributed by atoms with Gasteiger partial charge in [-0.1, -0.05) is 6.07 Å². The van der Waals surface area contributed by atoms with E-state index >= 15 is 0 Å². The molecule has 1 heterocycles. The van der Waals surface area contributed by atoms with Gasteiger partial charge in [0.2, 0.25) is 5.95 Å². The highest BCUT2D eigenvalue weighted by atomic mass is 19.1. The van der Waals surface area contributed by atoms with Crippen molar-refractivity contribution >= 4 is 29.1 Å². The smallest absolute Gasteiger partial charge is 0.337 e. The van der Waals surface area contributed by atoms with Crippen LogP contribution in [0, 0.1) is 11.6 Å². The molecule has 0 bridgehead atoms. The van der Waals surface area contributed by atoms with E-state index in [4.69, 9.17) is 0 Å². The number of nitrogens with zero attached hydrogens (tertiary/aromatic N) is 2. The summed E-state index contributed by atoms with van der Waals surface area (Å²) in [5, 5.41) is 5.54. The number of ether oxygens (including phenoxy) is 1. The van der Waals surface area contributed by atoms with Gasteiger partial charge in [-0.15, -0.1) is 0 Å². The summed E-state index contributed by atoms with van der Waals surface area (Å²) in [7, 11) is 1.30. The Balaban J connectivity index is 1.76. The van der Waals surface area contributed by atoms with Crippen LogP contribution >= 0.6 is 0 Å². The zero-order chi connectivity index (χ0) is 18.5. The van der Waals surface area contributed by atoms with Gasteiger partial charge in [0.05, 0.1) is 12.7 Å². The van der Waals surface area contributed by atoms with E-state index in [2.05, 4.69) is 25.3 Å². The first-order valence-electron chi connectivity index (χ1n) is 7.56. The molecule has 0 saturated heterocycles. The van der Waals surface area contributed by atoms with E-state index in [1.807, 2.05) is 0 Å². The fourth-order valence-electron chi connectivity index (χ4n) is 2.17. The minimum absolute atomic E-state index is 0.220. The van der Waals surface area contributed by atoms with Gasteiger partial charge in [-0.05, 0) is 42.5 Å². The Kier molecular flexibility index (Phi) is 5.02. The normalized spacial score (nSPS) is 10.3. The molecule has 3 rings (SSSR count). The summed E-state index contributed by atoms with van der Waals surface area (Å²) >= 11 is 0. The van der Waals surface area contributed by atoms with Crippen molar-refractivity contribution in [2.24, 2.45) is 0 Å². The molecule has 3 aromatic rings. The van der Waals surface area contributed by atoms with E-state index in [9.17, 15) is 13.6 Å². The summed E-state index contributed by atoms with van der Waals surface area (Å²) in [6, 6.07) is 11.6. The second-order valence-corrected chi connectivity index (χ2v) is 5.18. The van der Waals surface area contributed by atoms with Crippen molar-refractivity contribution in [3.05, 3.63) is 71.9 Å². The molecular weight excluding hydrogens is 342 g/mol. The van der Waals surface area contributed by atoms with Crippen molar-refractivity contribution in [2.75, 3.05) is 17.7 Å². The number of rotatable bonds is 5. The van der Waals surface area contributed by atoms with Crippen LogP contribution in [0.25, 0.3) is 0 Å². The predicted molar refractivity (Wildman–Crippen MR) is 92.7 cm³/mol. The van der Waals surface area contributed by atoms with Crippen LogP contribution in [-0.4, -0.2) is 23.0 Å². The Hall–Kier alpha value is -3.55. The monoisotopic (exact) mass is 356 g/mol. The van der Waals surface area contributed by atoms with Crippen LogP contribution < -0.4 is 10.6 Å². The second-order valence-electron chi connectivity index (χ2n) is 5.18. The Morgan fingerprint density at radius 1 is 1.00 bits per heavy atom. The Morgan fingerprint density at radius 3 is 2.35 bits per heavy atom. The van der Waals surface area contributed by atoms with Gasteiger partial charge in [0, 0.05) is 11.9 Å². The fourth-order valence-corrected chi connectivity index (χ4v) is 2.17. The molecule has 0 aliphatic carbocycles. The van der Waals surface area contributed by atoms with E-state index in [1.165, 1.54) is 25.4 Å². The van der Waals surface area contributed by atoms with Crippen molar-refractivity contribution in [3.63, 3.8) is 0 Å². The standard InChI is InChI=1S/C18H14F2N4O2/c1-26-17(25)11-5-7-12(8-6-11)22-18-21-10-9-15(24-18)23-16-13(19)3-2-4-14(16)20/h2-10H,1H3,(H2,21,22,23,24). The highest BCUT2D eigenvalue weighted by Gasteiger charge is 2.10. The molecule has 26 heavy (non-hydrogen) atoms. The van der Waals surface area contributed by atoms with Crippen molar-refractivity contribution < 1.29 is 18.3 Å². The van der Waals surface area contributed by atoms with Crippen LogP contribution in [0.1, 0.15) is 10.4 Å². The van der Waals surface area contributed by atoms with Gasteiger partial charge in [0.15, 0.2) is 0 Å². The molecule has 0 saturated carbocycles. The van der Waals surface area contributed by atoms with Gasteiger partial charge in [0.25, 0.3) is 0 Å². The highest BCUT2D eigenvalue weighted by Crippen LogP contribution is 2.23. The fraction of sp³-hybridized carbons (Fsp3) is 0.0556. The molecule has 8 heteroatoms. The Morgan fingerprint density at radius 2 is 1.69 bits per heavy atom. The molecule has 0 unspecified atom stereocenters. The topological polar surface area (TPSA) is 76.1 Å². The summed E-state index contributed by atoms with van der Waals surface area (Å²) in [6.45, 7) is 0. The molecule has 132 valence electrons. The zero-order valence-electron chi connectivity index (χ0n) is 13.7. The van der Waals surface area contributed by atoms with Crippen molar-refractivity contribution in [1.29, 1.82) is 0 Å². The second kappa shape index (κ2) is 7.56. The molecule has 2 aromatic carbocycles. The number of halogens is 2. The lowest BCUT2D eigenvalue weighted by molar-refractivity contribution is 0.0601. The SMILES string of the molecule is COC(=O)c1ccc(Nc2nccc(Nc3c(F)cccc3F)n2)cc1. The number of carbonyl (C=O) groups is 1. The number of esters is 1. The van der Waals surface area contributed by atoms with Crippen molar-refractivity contribution in [1.82, 2.24) is 9.97 Å². The Labute approximate surface area is 147 Å². The maximum atomic E-state index is 13.7. The molecular formula is C18H14F2N4O2. The average molecular weight is 356 g/mol. The number of methoxy groups -OCH3 is 1. The van der Waals surface area contributed by atoms with Crippen LogP contribution in [0.5, 0.6) is 0 Å². The molecule has 0 aliphatic heterocycles. The van der Waals surface area contributed by atoms with E-state index < -0.39 is 17.6 Å². The first kappa shape index (κ1) is 17.3. The first-order chi connectivity index (χ1) is 12.6. The number of aromatic nitrogens is 2. The molecule has 6 nitrogen and oxygen atoms in total. The van der Waals surface area contributed by atoms with E-state index in [0.29, 0.717) is 11.3 Å². The van der Waals surface area contributed by atoms with Gasteiger partial charge in [-0.25, -0.2) is 18.6 Å². The Bertz CT molecular complexity index is 912. The molecule has 0 spiro atoms. The lowest BCUT2D eigenvalue weighted by atomic mass is 10.2. The first-order valence-corrected chi connectivity index (χ1v) is 7.56. The molecule has 0 aliphatic rings. The minimum Gasteiger partial charge on any atom is -0.465 e. The largest absolute Gasteiger partial charge is 0.465 e. The molecule has 0 amide bonds. The number of carbonyl (C=O) groups excluding carboxylic acids is 1. The minimum atomic E-state index is -0.725. The molecule has 0 atom stereocenters. The van der Waals surface area contributed by atoms with Gasteiger partial charge >= 0.3 is 5.97 Å². The molecule has 0 radical (unpaired) electrons. The third-order valence-corrected chi connectivity index (χ3v) is 3.43. The van der Waals surface area contributed by atoms with E-state index in [1.54, 1.807) is 24.3 Å². The van der Waals surface area contributed by atoms with Crippen molar-refractivity contribution in [3.8, 4) is 0 Å². The van der Waals surface area contributed by atoms with Crippen LogP contribution in [0.4, 0.5) is 31.9 Å². The van der Waals surface area contributed by atoms with E-state index in [0.717, 1.165) is 12.1 Å². The summed E-state index contributed by atoms with van der Waals surface area (Å²) in [5.74, 6) is -1.45. The van der Waals surface area contributed by atoms with Gasteiger partial charge in [0.1, 0.15) is 23.1 Å². The predicted octanol–water partition coefficient (Wildman–Crippen LogP) is 4.03. The number of para-hydroxylation sites is 1. The van der Waals surface area contributed by atoms with E-state index in [-0.39, 0.29) is 17.5 Å². The maximum Gasteiger partial charge on any atom is 0.337 e. The lowest BCUT2D eigenvalue weighted by Crippen LogP contribution is -2.03. The average Bonchev–Trinajstić information content (AvgIpc) is 2.65. The number of nitrogens with one attached hydrogen (secondary N) is 2. The molecule has 1 aromatic heterocycles. The van der Waals surface area contributed by atoms with Crippen molar-refractivity contribution in [2.45, 2.75) is 0 Å². The molecule has 0 fully saturated rings. The van der Waals surface area contributed by atoms with Crippen LogP contribution in [-0.2, 0) is 4.74 Å². The zero-order valence-corrected chi connectivity index (χ0v) is 13.7. The number of hydrogen-bond donors (Lipinski definition) is 2. The maximum absolute atomic E-state index is 13.7. The highest BCUT2D eigenvalue weighted by molar-refractivity contribution is 5.89. The van der Waals surface area contributed by atoms with Gasteiger partial charge in [-0.3, -0.25) is 0 Å². The lowest BCUT2D eigenvalue weighted by Gasteiger charge is -2.10. The number of benzene rings is 2. The third-order valence-electron chi connectivity index (χ3n) is 3.43. The van der Waals surface area contributed by atoms with Crippen LogP contribution in [0.2, 0.25) is 0 Å². The van der Waals surface area contributed by atoms with Gasteiger partial charge in [-0.2, -0.15) is 4.98 Å². The molecule has 2 N–H and O–H groups in total.